The number of hydrogen-bond donors (Lipinski definition) is 0. The van der Waals surface area contributed by atoms with Gasteiger partial charge in [0.1, 0.15) is 16.5 Å². The summed E-state index contributed by atoms with van der Waals surface area (Å²) in [5, 5.41) is 3.15. The highest BCUT2D eigenvalue weighted by Crippen LogP contribution is 2.30. The molecule has 0 N–H and O–H groups in total. The van der Waals surface area contributed by atoms with E-state index >= 15 is 0 Å². The second kappa shape index (κ2) is 7.53. The molecule has 0 aliphatic rings. The first kappa shape index (κ1) is 15.9. The molecule has 0 spiro atoms. The number of ether oxygens (including phenoxy) is 2. The molecular weight excluding hydrogens is 326 g/mol. The Morgan fingerprint density at radius 3 is 2.52 bits per heavy atom. The van der Waals surface area contributed by atoms with Gasteiger partial charge in [-0.2, -0.15) is 0 Å². The summed E-state index contributed by atoms with van der Waals surface area (Å²) in [5.41, 5.74) is 2.21. The first-order valence-electron chi connectivity index (χ1n) is 7.14. The van der Waals surface area contributed by atoms with Crippen molar-refractivity contribution in [3.63, 3.8) is 0 Å². The highest BCUT2D eigenvalue weighted by atomic mass is 32.2. The van der Waals surface area contributed by atoms with E-state index in [4.69, 9.17) is 14.5 Å². The van der Waals surface area contributed by atoms with E-state index in [1.807, 2.05) is 42.5 Å². The van der Waals surface area contributed by atoms with Crippen LogP contribution in [0.25, 0.3) is 10.6 Å². The third-order valence-electron chi connectivity index (χ3n) is 3.32. The van der Waals surface area contributed by atoms with Gasteiger partial charge in [0.15, 0.2) is 0 Å². The lowest BCUT2D eigenvalue weighted by Crippen LogP contribution is -1.85. The minimum atomic E-state index is 0.847. The van der Waals surface area contributed by atoms with Crippen molar-refractivity contribution in [2.45, 2.75) is 10.6 Å². The van der Waals surface area contributed by atoms with Crippen LogP contribution in [-0.2, 0) is 5.75 Å². The van der Waals surface area contributed by atoms with E-state index in [1.54, 1.807) is 37.3 Å². The first-order valence-corrected chi connectivity index (χ1v) is 9.00. The van der Waals surface area contributed by atoms with Crippen molar-refractivity contribution in [1.29, 1.82) is 0 Å². The zero-order valence-electron chi connectivity index (χ0n) is 13.0. The summed E-state index contributed by atoms with van der Waals surface area (Å²) in [6.45, 7) is 0. The molecule has 5 heteroatoms. The molecule has 0 atom stereocenters. The van der Waals surface area contributed by atoms with Gasteiger partial charge in [-0.3, -0.25) is 0 Å². The van der Waals surface area contributed by atoms with Gasteiger partial charge < -0.3 is 9.47 Å². The molecule has 118 valence electrons. The third-order valence-corrected chi connectivity index (χ3v) is 5.28. The quantitative estimate of drug-likeness (QED) is 0.581. The Morgan fingerprint density at radius 2 is 1.78 bits per heavy atom. The second-order valence-electron chi connectivity index (χ2n) is 4.84. The predicted octanol–water partition coefficient (Wildman–Crippen LogP) is 5.12. The van der Waals surface area contributed by atoms with Gasteiger partial charge in [0.05, 0.1) is 19.9 Å². The number of nitrogens with zero attached hydrogens (tertiary/aromatic N) is 1. The SMILES string of the molecule is COc1ccc(-c2nc(CSc3cccc(OC)c3)cs2)cc1. The fraction of sp³-hybridized carbons (Fsp3) is 0.167. The van der Waals surface area contributed by atoms with Crippen LogP contribution in [0.2, 0.25) is 0 Å². The van der Waals surface area contributed by atoms with E-state index in [0.29, 0.717) is 0 Å². The summed E-state index contributed by atoms with van der Waals surface area (Å²) in [6.07, 6.45) is 0. The molecule has 2 aromatic carbocycles. The maximum atomic E-state index is 5.25. The van der Waals surface area contributed by atoms with Crippen LogP contribution in [0, 0.1) is 0 Å². The van der Waals surface area contributed by atoms with Crippen LogP contribution in [0.1, 0.15) is 5.69 Å². The van der Waals surface area contributed by atoms with Gasteiger partial charge in [0.25, 0.3) is 0 Å². The van der Waals surface area contributed by atoms with Crippen molar-refractivity contribution in [3.8, 4) is 22.1 Å². The molecule has 0 unspecified atom stereocenters. The molecule has 0 saturated heterocycles. The minimum absolute atomic E-state index is 0.847. The smallest absolute Gasteiger partial charge is 0.123 e. The van der Waals surface area contributed by atoms with Crippen molar-refractivity contribution >= 4 is 23.1 Å². The molecule has 0 fully saturated rings. The Labute approximate surface area is 144 Å². The maximum Gasteiger partial charge on any atom is 0.123 e. The molecule has 0 saturated carbocycles. The Morgan fingerprint density at radius 1 is 1.00 bits per heavy atom. The summed E-state index contributed by atoms with van der Waals surface area (Å²) < 4.78 is 10.4. The van der Waals surface area contributed by atoms with Crippen LogP contribution in [-0.4, -0.2) is 19.2 Å². The summed E-state index contributed by atoms with van der Waals surface area (Å²) in [4.78, 5) is 5.90. The molecule has 0 bridgehead atoms. The van der Waals surface area contributed by atoms with E-state index in [0.717, 1.165) is 33.5 Å². The van der Waals surface area contributed by atoms with Gasteiger partial charge in [-0.1, -0.05) is 6.07 Å². The molecule has 3 nitrogen and oxygen atoms in total. The average Bonchev–Trinajstić information content (AvgIpc) is 3.09. The molecule has 0 aliphatic heterocycles. The molecule has 3 rings (SSSR count). The molecule has 3 aromatic rings. The Kier molecular flexibility index (Phi) is 5.20. The predicted molar refractivity (Wildman–Crippen MR) is 96.7 cm³/mol. The second-order valence-corrected chi connectivity index (χ2v) is 6.75. The number of aromatic nitrogens is 1. The van der Waals surface area contributed by atoms with Gasteiger partial charge >= 0.3 is 0 Å². The van der Waals surface area contributed by atoms with E-state index in [-0.39, 0.29) is 0 Å². The van der Waals surface area contributed by atoms with Gasteiger partial charge in [-0.05, 0) is 42.5 Å². The average molecular weight is 343 g/mol. The van der Waals surface area contributed by atoms with Crippen LogP contribution in [0.5, 0.6) is 11.5 Å². The van der Waals surface area contributed by atoms with Crippen LogP contribution in [0.4, 0.5) is 0 Å². The van der Waals surface area contributed by atoms with Gasteiger partial charge in [-0.15, -0.1) is 23.1 Å². The van der Waals surface area contributed by atoms with E-state index in [9.17, 15) is 0 Å². The lowest BCUT2D eigenvalue weighted by molar-refractivity contribution is 0.413. The zero-order chi connectivity index (χ0) is 16.1. The highest BCUT2D eigenvalue weighted by Gasteiger charge is 2.06. The summed E-state index contributed by atoms with van der Waals surface area (Å²) in [6, 6.07) is 16.1. The Hall–Kier alpha value is -1.98. The molecular formula is C18H17NO2S2. The molecule has 0 aliphatic carbocycles. The van der Waals surface area contributed by atoms with Crippen molar-refractivity contribution in [2.24, 2.45) is 0 Å². The first-order chi connectivity index (χ1) is 11.3. The minimum Gasteiger partial charge on any atom is -0.497 e. The number of hydrogen-bond acceptors (Lipinski definition) is 5. The van der Waals surface area contributed by atoms with Crippen molar-refractivity contribution in [1.82, 2.24) is 4.98 Å². The van der Waals surface area contributed by atoms with Crippen LogP contribution >= 0.6 is 23.1 Å². The van der Waals surface area contributed by atoms with Gasteiger partial charge in [-0.25, -0.2) is 4.98 Å². The largest absolute Gasteiger partial charge is 0.497 e. The van der Waals surface area contributed by atoms with E-state index < -0.39 is 0 Å². The number of rotatable bonds is 6. The van der Waals surface area contributed by atoms with Crippen molar-refractivity contribution < 1.29 is 9.47 Å². The van der Waals surface area contributed by atoms with Gasteiger partial charge in [0.2, 0.25) is 0 Å². The number of benzene rings is 2. The number of thiazole rings is 1. The zero-order valence-corrected chi connectivity index (χ0v) is 14.6. The van der Waals surface area contributed by atoms with Crippen molar-refractivity contribution in [3.05, 3.63) is 59.6 Å². The fourth-order valence-corrected chi connectivity index (χ4v) is 3.86. The van der Waals surface area contributed by atoms with E-state index in [1.165, 1.54) is 4.90 Å². The number of methoxy groups -OCH3 is 2. The summed E-state index contributed by atoms with van der Waals surface area (Å²) >= 11 is 3.43. The summed E-state index contributed by atoms with van der Waals surface area (Å²) in [7, 11) is 3.36. The van der Waals surface area contributed by atoms with Crippen molar-refractivity contribution in [2.75, 3.05) is 14.2 Å². The Bertz CT molecular complexity index is 769. The lowest BCUT2D eigenvalue weighted by atomic mass is 10.2. The van der Waals surface area contributed by atoms with Crippen LogP contribution < -0.4 is 9.47 Å². The lowest BCUT2D eigenvalue weighted by Gasteiger charge is -2.03. The van der Waals surface area contributed by atoms with Crippen LogP contribution in [0.3, 0.4) is 0 Å². The topological polar surface area (TPSA) is 31.4 Å². The molecule has 1 aromatic heterocycles. The summed E-state index contributed by atoms with van der Waals surface area (Å²) in [5.74, 6) is 2.59. The maximum absolute atomic E-state index is 5.25. The third kappa shape index (κ3) is 4.06. The molecule has 0 radical (unpaired) electrons. The van der Waals surface area contributed by atoms with E-state index in [2.05, 4.69) is 11.4 Å². The molecule has 23 heavy (non-hydrogen) atoms. The molecule has 0 amide bonds. The standard InChI is InChI=1S/C18H17NO2S2/c1-20-15-8-6-13(7-9-15)18-19-14(12-23-18)11-22-17-5-3-4-16(10-17)21-2/h3-10,12H,11H2,1-2H3. The monoisotopic (exact) mass is 343 g/mol. The Balaban J connectivity index is 1.66. The normalized spacial score (nSPS) is 10.5. The number of thioether (sulfide) groups is 1. The molecule has 1 heterocycles. The fourth-order valence-electron chi connectivity index (χ4n) is 2.09. The highest BCUT2D eigenvalue weighted by molar-refractivity contribution is 7.98. The van der Waals surface area contributed by atoms with Crippen LogP contribution in [0.15, 0.2) is 58.8 Å². The van der Waals surface area contributed by atoms with Gasteiger partial charge in [0, 0.05) is 21.6 Å².